The van der Waals surface area contributed by atoms with Crippen LogP contribution in [0.2, 0.25) is 0 Å². The molecule has 120 valence electrons. The number of carbonyl (C=O) groups is 1. The fourth-order valence-corrected chi connectivity index (χ4v) is 2.10. The second-order valence-electron chi connectivity index (χ2n) is 3.95. The molecule has 0 saturated heterocycles. The Hall–Kier alpha value is -2.02. The van der Waals surface area contributed by atoms with Crippen LogP contribution in [0.3, 0.4) is 0 Å². The van der Waals surface area contributed by atoms with Gasteiger partial charge in [-0.2, -0.15) is 5.10 Å². The number of hydrogen-bond acceptors (Lipinski definition) is 5. The lowest BCUT2D eigenvalue weighted by molar-refractivity contribution is 0.152. The van der Waals surface area contributed by atoms with Crippen molar-refractivity contribution in [1.29, 1.82) is 0 Å². The van der Waals surface area contributed by atoms with Crippen LogP contribution in [0.25, 0.3) is 0 Å². The van der Waals surface area contributed by atoms with Gasteiger partial charge in [0.15, 0.2) is 11.5 Å². The maximum atomic E-state index is 11.1. The molecule has 0 aliphatic heterocycles. The van der Waals surface area contributed by atoms with Crippen molar-refractivity contribution in [1.82, 2.24) is 5.43 Å². The molecule has 0 saturated carbocycles. The molecule has 0 fully saturated rings. The zero-order valence-electron chi connectivity index (χ0n) is 12.6. The Bertz CT molecular complexity index is 547. The first-order valence-corrected chi connectivity index (χ1v) is 7.57. The summed E-state index contributed by atoms with van der Waals surface area (Å²) in [7, 11) is 0. The molecule has 0 unspecified atom stereocenters. The smallest absolute Gasteiger partial charge is 0.427 e. The van der Waals surface area contributed by atoms with Crippen molar-refractivity contribution in [2.24, 2.45) is 5.10 Å². The van der Waals surface area contributed by atoms with Crippen molar-refractivity contribution in [3.05, 3.63) is 34.8 Å². The van der Waals surface area contributed by atoms with E-state index in [1.165, 1.54) is 6.21 Å². The predicted octanol–water partition coefficient (Wildman–Crippen LogP) is 3.49. The van der Waals surface area contributed by atoms with Crippen LogP contribution in [0.15, 0.2) is 34.4 Å². The molecule has 1 aromatic carbocycles. The number of ether oxygens (including phenoxy) is 3. The third-order valence-electron chi connectivity index (χ3n) is 2.32. The van der Waals surface area contributed by atoms with Gasteiger partial charge in [0.25, 0.3) is 0 Å². The summed E-state index contributed by atoms with van der Waals surface area (Å²) in [6.07, 6.45) is 2.54. The molecule has 1 N–H and O–H groups in total. The first-order valence-electron chi connectivity index (χ1n) is 6.78. The highest BCUT2D eigenvalue weighted by molar-refractivity contribution is 9.10. The van der Waals surface area contributed by atoms with E-state index in [2.05, 4.69) is 33.0 Å². The first-order chi connectivity index (χ1) is 10.6. The summed E-state index contributed by atoms with van der Waals surface area (Å²) in [4.78, 5) is 11.1. The molecule has 0 bridgehead atoms. The normalized spacial score (nSPS) is 10.3. The number of halogens is 1. The van der Waals surface area contributed by atoms with E-state index in [0.717, 1.165) is 10.0 Å². The molecule has 22 heavy (non-hydrogen) atoms. The molecule has 0 spiro atoms. The average Bonchev–Trinajstić information content (AvgIpc) is 2.47. The monoisotopic (exact) mass is 370 g/mol. The molecular weight excluding hydrogens is 352 g/mol. The van der Waals surface area contributed by atoms with E-state index in [9.17, 15) is 4.79 Å². The molecule has 6 nitrogen and oxygen atoms in total. The van der Waals surface area contributed by atoms with Gasteiger partial charge in [0.05, 0.1) is 23.9 Å². The van der Waals surface area contributed by atoms with Gasteiger partial charge >= 0.3 is 6.09 Å². The third kappa shape index (κ3) is 5.77. The van der Waals surface area contributed by atoms with Gasteiger partial charge in [-0.15, -0.1) is 0 Å². The van der Waals surface area contributed by atoms with E-state index in [-0.39, 0.29) is 6.61 Å². The van der Waals surface area contributed by atoms with E-state index in [1.54, 1.807) is 25.1 Å². The second kappa shape index (κ2) is 9.83. The number of nitrogens with zero attached hydrogens (tertiary/aromatic N) is 1. The van der Waals surface area contributed by atoms with E-state index in [0.29, 0.717) is 24.7 Å². The number of amides is 1. The molecule has 0 aromatic heterocycles. The Morgan fingerprint density at radius 2 is 2.14 bits per heavy atom. The molecule has 1 aromatic rings. The standard InChI is InChI=1S/C15H19BrN2O4/c1-4-7-22-14-12(16)8-11(9-13(14)20-5-2)10-17-18-15(19)21-6-3/h4,8-10H,1,5-7H2,2-3H3,(H,18,19)/b17-10-. The molecule has 0 atom stereocenters. The number of rotatable bonds is 8. The highest BCUT2D eigenvalue weighted by Gasteiger charge is 2.11. The Kier molecular flexibility index (Phi) is 8.06. The molecule has 0 aliphatic carbocycles. The number of hydrogen-bond donors (Lipinski definition) is 1. The summed E-state index contributed by atoms with van der Waals surface area (Å²) in [5.74, 6) is 1.17. The van der Waals surface area contributed by atoms with Crippen LogP contribution in [0.4, 0.5) is 4.79 Å². The van der Waals surface area contributed by atoms with Gasteiger partial charge in [-0.3, -0.25) is 0 Å². The van der Waals surface area contributed by atoms with E-state index in [4.69, 9.17) is 14.2 Å². The van der Waals surface area contributed by atoms with Crippen LogP contribution < -0.4 is 14.9 Å². The van der Waals surface area contributed by atoms with Crippen molar-refractivity contribution < 1.29 is 19.0 Å². The zero-order chi connectivity index (χ0) is 16.4. The van der Waals surface area contributed by atoms with Crippen molar-refractivity contribution in [3.63, 3.8) is 0 Å². The van der Waals surface area contributed by atoms with Crippen LogP contribution in [0.5, 0.6) is 11.5 Å². The number of benzene rings is 1. The topological polar surface area (TPSA) is 69.2 Å². The largest absolute Gasteiger partial charge is 0.490 e. The summed E-state index contributed by atoms with van der Waals surface area (Å²) >= 11 is 3.43. The molecular formula is C15H19BrN2O4. The van der Waals surface area contributed by atoms with Crippen LogP contribution >= 0.6 is 15.9 Å². The fraction of sp³-hybridized carbons (Fsp3) is 0.333. The number of hydrazone groups is 1. The Morgan fingerprint density at radius 1 is 1.36 bits per heavy atom. The maximum absolute atomic E-state index is 11.1. The quantitative estimate of drug-likeness (QED) is 0.432. The molecule has 1 rings (SSSR count). The molecule has 1 amide bonds. The van der Waals surface area contributed by atoms with Gasteiger partial charge in [-0.05, 0) is 47.5 Å². The highest BCUT2D eigenvalue weighted by Crippen LogP contribution is 2.36. The maximum Gasteiger partial charge on any atom is 0.427 e. The summed E-state index contributed by atoms with van der Waals surface area (Å²) in [6.45, 7) is 8.38. The lowest BCUT2D eigenvalue weighted by atomic mass is 10.2. The van der Waals surface area contributed by atoms with Crippen molar-refractivity contribution in [2.75, 3.05) is 19.8 Å². The Labute approximate surface area is 138 Å². The summed E-state index contributed by atoms with van der Waals surface area (Å²) < 4.78 is 16.6. The minimum Gasteiger partial charge on any atom is -0.490 e. The number of carbonyl (C=O) groups excluding carboxylic acids is 1. The minimum atomic E-state index is -0.603. The van der Waals surface area contributed by atoms with Gasteiger partial charge in [0.2, 0.25) is 0 Å². The van der Waals surface area contributed by atoms with Crippen molar-refractivity contribution in [3.8, 4) is 11.5 Å². The SMILES string of the molecule is C=CCOc1c(Br)cc(/C=N\NC(=O)OCC)cc1OCC. The van der Waals surface area contributed by atoms with Gasteiger partial charge in [-0.1, -0.05) is 12.7 Å². The average molecular weight is 371 g/mol. The predicted molar refractivity (Wildman–Crippen MR) is 88.8 cm³/mol. The van der Waals surface area contributed by atoms with Gasteiger partial charge in [-0.25, -0.2) is 10.2 Å². The number of nitrogens with one attached hydrogen (secondary N) is 1. The highest BCUT2D eigenvalue weighted by atomic mass is 79.9. The second-order valence-corrected chi connectivity index (χ2v) is 4.81. The summed E-state index contributed by atoms with van der Waals surface area (Å²) in [5, 5.41) is 3.81. The lowest BCUT2D eigenvalue weighted by Crippen LogP contribution is -2.18. The Balaban J connectivity index is 2.90. The third-order valence-corrected chi connectivity index (χ3v) is 2.91. The fourth-order valence-electron chi connectivity index (χ4n) is 1.53. The van der Waals surface area contributed by atoms with Gasteiger partial charge in [0.1, 0.15) is 6.61 Å². The molecule has 0 radical (unpaired) electrons. The lowest BCUT2D eigenvalue weighted by Gasteiger charge is -2.13. The van der Waals surface area contributed by atoms with E-state index < -0.39 is 6.09 Å². The summed E-state index contributed by atoms with van der Waals surface area (Å²) in [6, 6.07) is 3.57. The molecule has 0 aliphatic rings. The van der Waals surface area contributed by atoms with E-state index >= 15 is 0 Å². The van der Waals surface area contributed by atoms with Crippen LogP contribution in [0.1, 0.15) is 19.4 Å². The van der Waals surface area contributed by atoms with Crippen molar-refractivity contribution >= 4 is 28.2 Å². The first kappa shape index (κ1) is 18.0. The van der Waals surface area contributed by atoms with Gasteiger partial charge in [0, 0.05) is 0 Å². The Morgan fingerprint density at radius 3 is 2.77 bits per heavy atom. The molecule has 7 heteroatoms. The molecule has 0 heterocycles. The van der Waals surface area contributed by atoms with Gasteiger partial charge < -0.3 is 14.2 Å². The van der Waals surface area contributed by atoms with Crippen LogP contribution in [-0.4, -0.2) is 32.1 Å². The van der Waals surface area contributed by atoms with Crippen molar-refractivity contribution in [2.45, 2.75) is 13.8 Å². The van der Waals surface area contributed by atoms with Crippen LogP contribution in [0, 0.1) is 0 Å². The minimum absolute atomic E-state index is 0.288. The zero-order valence-corrected chi connectivity index (χ0v) is 14.2. The van der Waals surface area contributed by atoms with Crippen LogP contribution in [-0.2, 0) is 4.74 Å². The van der Waals surface area contributed by atoms with E-state index in [1.807, 2.05) is 6.92 Å². The summed E-state index contributed by atoms with van der Waals surface area (Å²) in [5.41, 5.74) is 2.99.